The molecule has 2 aromatic rings. The highest BCUT2D eigenvalue weighted by Gasteiger charge is 2.03. The van der Waals surface area contributed by atoms with Crippen molar-refractivity contribution in [3.8, 4) is 5.75 Å². The summed E-state index contributed by atoms with van der Waals surface area (Å²) >= 11 is 0. The number of rotatable bonds is 7. The van der Waals surface area contributed by atoms with Crippen LogP contribution >= 0.6 is 0 Å². The van der Waals surface area contributed by atoms with Gasteiger partial charge in [-0.05, 0) is 18.1 Å². The fourth-order valence-corrected chi connectivity index (χ4v) is 1.77. The summed E-state index contributed by atoms with van der Waals surface area (Å²) in [7, 11) is 1.59. The van der Waals surface area contributed by atoms with E-state index in [-0.39, 0.29) is 0 Å². The highest BCUT2D eigenvalue weighted by molar-refractivity contribution is 5.33. The molecule has 5 heteroatoms. The van der Waals surface area contributed by atoms with Crippen molar-refractivity contribution in [2.75, 3.05) is 19.0 Å². The Balaban J connectivity index is 1.98. The van der Waals surface area contributed by atoms with Crippen molar-refractivity contribution in [3.63, 3.8) is 0 Å². The molecule has 0 aliphatic heterocycles. The van der Waals surface area contributed by atoms with Gasteiger partial charge in [-0.25, -0.2) is 9.97 Å². The lowest BCUT2D eigenvalue weighted by Crippen LogP contribution is -2.06. The van der Waals surface area contributed by atoms with Crippen LogP contribution in [0, 0.1) is 0 Å². The molecule has 106 valence electrons. The van der Waals surface area contributed by atoms with Gasteiger partial charge in [0.25, 0.3) is 0 Å². The molecule has 0 atom stereocenters. The molecule has 0 spiro atoms. The predicted octanol–water partition coefficient (Wildman–Crippen LogP) is 2.63. The molecule has 5 nitrogen and oxygen atoms in total. The maximum atomic E-state index is 5.47. The first kappa shape index (κ1) is 14.3. The summed E-state index contributed by atoms with van der Waals surface area (Å²) in [5.41, 5.74) is 2.36. The van der Waals surface area contributed by atoms with Crippen molar-refractivity contribution >= 4 is 5.95 Å². The van der Waals surface area contributed by atoms with E-state index in [0.29, 0.717) is 31.5 Å². The first-order valence-corrected chi connectivity index (χ1v) is 6.58. The number of nitrogens with one attached hydrogen (secondary N) is 1. The quantitative estimate of drug-likeness (QED) is 0.840. The highest BCUT2D eigenvalue weighted by atomic mass is 16.5. The van der Waals surface area contributed by atoms with Crippen molar-refractivity contribution in [1.29, 1.82) is 0 Å². The highest BCUT2D eigenvalue weighted by Crippen LogP contribution is 2.13. The molecule has 20 heavy (non-hydrogen) atoms. The molecule has 0 amide bonds. The summed E-state index contributed by atoms with van der Waals surface area (Å²) in [5.74, 6) is 1.23. The van der Waals surface area contributed by atoms with Crippen LogP contribution in [0.15, 0.2) is 36.7 Å². The zero-order chi connectivity index (χ0) is 14.2. The molecule has 1 N–H and O–H groups in total. The number of hydrogen-bond acceptors (Lipinski definition) is 5. The zero-order valence-corrected chi connectivity index (χ0v) is 11.8. The van der Waals surface area contributed by atoms with E-state index >= 15 is 0 Å². The Kier molecular flexibility index (Phi) is 5.32. The van der Waals surface area contributed by atoms with Crippen molar-refractivity contribution in [1.82, 2.24) is 9.97 Å². The van der Waals surface area contributed by atoms with Gasteiger partial charge in [-0.1, -0.05) is 24.3 Å². The van der Waals surface area contributed by atoms with E-state index in [0.717, 1.165) is 0 Å². The molecule has 0 radical (unpaired) electrons. The van der Waals surface area contributed by atoms with Crippen LogP contribution < -0.4 is 10.1 Å². The lowest BCUT2D eigenvalue weighted by atomic mass is 10.1. The van der Waals surface area contributed by atoms with Gasteiger partial charge in [-0.2, -0.15) is 0 Å². The first-order valence-electron chi connectivity index (χ1n) is 6.58. The summed E-state index contributed by atoms with van der Waals surface area (Å²) in [4.78, 5) is 8.36. The van der Waals surface area contributed by atoms with E-state index in [1.807, 2.05) is 19.1 Å². The standard InChI is InChI=1S/C15H19N3O2/c1-3-20-11-13-7-5-4-6-12(13)8-16-15-17-9-14(19-2)10-18-15/h4-7,9-10H,3,8,11H2,1-2H3,(H,16,17,18). The maximum Gasteiger partial charge on any atom is 0.223 e. The Labute approximate surface area is 119 Å². The van der Waals surface area contributed by atoms with Crippen molar-refractivity contribution in [3.05, 3.63) is 47.8 Å². The minimum absolute atomic E-state index is 0.581. The summed E-state index contributed by atoms with van der Waals surface area (Å²) in [6, 6.07) is 8.18. The molecule has 0 aliphatic rings. The fraction of sp³-hybridized carbons (Fsp3) is 0.333. The van der Waals surface area contributed by atoms with Crippen LogP contribution in [-0.4, -0.2) is 23.7 Å². The molecule has 0 fully saturated rings. The van der Waals surface area contributed by atoms with Crippen LogP contribution in [0.5, 0.6) is 5.75 Å². The number of benzene rings is 1. The van der Waals surface area contributed by atoms with Crippen LogP contribution in [0.2, 0.25) is 0 Å². The van der Waals surface area contributed by atoms with Gasteiger partial charge in [0, 0.05) is 13.2 Å². The Morgan fingerprint density at radius 3 is 2.45 bits per heavy atom. The lowest BCUT2D eigenvalue weighted by Gasteiger charge is -2.10. The molecule has 0 aliphatic carbocycles. The van der Waals surface area contributed by atoms with Crippen LogP contribution in [-0.2, 0) is 17.9 Å². The topological polar surface area (TPSA) is 56.3 Å². The van der Waals surface area contributed by atoms with E-state index in [1.165, 1.54) is 11.1 Å². The first-order chi connectivity index (χ1) is 9.83. The molecule has 0 saturated heterocycles. The van der Waals surface area contributed by atoms with Crippen LogP contribution in [0.1, 0.15) is 18.1 Å². The second-order valence-electron chi connectivity index (χ2n) is 4.21. The minimum Gasteiger partial charge on any atom is -0.494 e. The van der Waals surface area contributed by atoms with E-state index in [9.17, 15) is 0 Å². The molecule has 2 rings (SSSR count). The van der Waals surface area contributed by atoms with Crippen molar-refractivity contribution in [2.24, 2.45) is 0 Å². The SMILES string of the molecule is CCOCc1ccccc1CNc1ncc(OC)cn1. The monoisotopic (exact) mass is 273 g/mol. The number of hydrogen-bond donors (Lipinski definition) is 1. The number of nitrogens with zero attached hydrogens (tertiary/aromatic N) is 2. The van der Waals surface area contributed by atoms with Gasteiger partial charge in [0.15, 0.2) is 5.75 Å². The van der Waals surface area contributed by atoms with E-state index in [1.54, 1.807) is 19.5 Å². The third-order valence-corrected chi connectivity index (χ3v) is 2.88. The molecule has 0 unspecified atom stereocenters. The molecule has 0 bridgehead atoms. The van der Waals surface area contributed by atoms with E-state index in [2.05, 4.69) is 27.4 Å². The van der Waals surface area contributed by atoms with Gasteiger partial charge in [0.2, 0.25) is 5.95 Å². The molecule has 1 aromatic heterocycles. The molecule has 1 aromatic carbocycles. The minimum atomic E-state index is 0.581. The van der Waals surface area contributed by atoms with Crippen LogP contribution in [0.4, 0.5) is 5.95 Å². The molecular weight excluding hydrogens is 254 g/mol. The summed E-state index contributed by atoms with van der Waals surface area (Å²) in [6.45, 7) is 3.99. The number of methoxy groups -OCH3 is 1. The van der Waals surface area contributed by atoms with E-state index in [4.69, 9.17) is 9.47 Å². The fourth-order valence-electron chi connectivity index (χ4n) is 1.77. The van der Waals surface area contributed by atoms with Crippen LogP contribution in [0.25, 0.3) is 0 Å². The molecular formula is C15H19N3O2. The normalized spacial score (nSPS) is 10.3. The van der Waals surface area contributed by atoms with Gasteiger partial charge in [-0.3, -0.25) is 0 Å². The van der Waals surface area contributed by atoms with Gasteiger partial charge in [-0.15, -0.1) is 0 Å². The third kappa shape index (κ3) is 3.93. The third-order valence-electron chi connectivity index (χ3n) is 2.88. The summed E-state index contributed by atoms with van der Waals surface area (Å²) in [6.07, 6.45) is 3.28. The summed E-state index contributed by atoms with van der Waals surface area (Å²) < 4.78 is 10.5. The van der Waals surface area contributed by atoms with Crippen LogP contribution in [0.3, 0.4) is 0 Å². The molecule has 0 saturated carbocycles. The average Bonchev–Trinajstić information content (AvgIpc) is 2.52. The number of ether oxygens (including phenoxy) is 2. The Morgan fingerprint density at radius 2 is 1.80 bits per heavy atom. The predicted molar refractivity (Wildman–Crippen MR) is 77.7 cm³/mol. The number of aromatic nitrogens is 2. The maximum absolute atomic E-state index is 5.47. The van der Waals surface area contributed by atoms with Gasteiger partial charge >= 0.3 is 0 Å². The van der Waals surface area contributed by atoms with Gasteiger partial charge < -0.3 is 14.8 Å². The second kappa shape index (κ2) is 7.45. The second-order valence-corrected chi connectivity index (χ2v) is 4.21. The van der Waals surface area contributed by atoms with E-state index < -0.39 is 0 Å². The summed E-state index contributed by atoms with van der Waals surface area (Å²) in [5, 5.41) is 3.20. The zero-order valence-electron chi connectivity index (χ0n) is 11.8. The molecule has 1 heterocycles. The Bertz CT molecular complexity index is 529. The largest absolute Gasteiger partial charge is 0.494 e. The van der Waals surface area contributed by atoms with Crippen molar-refractivity contribution in [2.45, 2.75) is 20.1 Å². The van der Waals surface area contributed by atoms with Crippen molar-refractivity contribution < 1.29 is 9.47 Å². The Morgan fingerprint density at radius 1 is 1.10 bits per heavy atom. The number of anilines is 1. The average molecular weight is 273 g/mol. The smallest absolute Gasteiger partial charge is 0.223 e. The lowest BCUT2D eigenvalue weighted by molar-refractivity contribution is 0.133. The van der Waals surface area contributed by atoms with Gasteiger partial charge in [0.1, 0.15) is 0 Å². The van der Waals surface area contributed by atoms with Gasteiger partial charge in [0.05, 0.1) is 26.1 Å². The Hall–Kier alpha value is -2.14.